The molecule has 0 saturated heterocycles. The summed E-state index contributed by atoms with van der Waals surface area (Å²) in [6.45, 7) is 12.6. The first-order valence-corrected chi connectivity index (χ1v) is 15.6. The number of nitrogens with one attached hydrogen (secondary N) is 3. The van der Waals surface area contributed by atoms with Crippen LogP contribution in [0.15, 0.2) is 12.1 Å². The average molecular weight is 655 g/mol. The minimum absolute atomic E-state index is 0.121. The average Bonchev–Trinajstić information content (AvgIpc) is 2.97. The van der Waals surface area contributed by atoms with Gasteiger partial charge in [-0.05, 0) is 47.0 Å². The minimum atomic E-state index is -0.782. The lowest BCUT2D eigenvalue weighted by molar-refractivity contribution is -0.137. The topological polar surface area (TPSA) is 163 Å². The molecule has 1 aromatic carbocycles. The van der Waals surface area contributed by atoms with Crippen LogP contribution in [0.2, 0.25) is 0 Å². The van der Waals surface area contributed by atoms with Gasteiger partial charge in [0.1, 0.15) is 28.9 Å². The van der Waals surface area contributed by atoms with Gasteiger partial charge in [-0.3, -0.25) is 14.4 Å². The molecule has 1 aromatic rings. The summed E-state index contributed by atoms with van der Waals surface area (Å²) >= 11 is 0. The number of amides is 4. The number of rotatable bonds is 22. The molecule has 0 fully saturated rings. The van der Waals surface area contributed by atoms with Gasteiger partial charge in [-0.25, -0.2) is 4.79 Å². The van der Waals surface area contributed by atoms with E-state index in [1.807, 2.05) is 6.92 Å². The number of alkyl carbamates (subject to hydrolysis) is 1. The van der Waals surface area contributed by atoms with Crippen molar-refractivity contribution in [3.05, 3.63) is 17.7 Å². The van der Waals surface area contributed by atoms with Gasteiger partial charge < -0.3 is 49.3 Å². The second-order valence-electron chi connectivity index (χ2n) is 11.4. The summed E-state index contributed by atoms with van der Waals surface area (Å²) in [5.74, 6) is 0.800. The third-order valence-corrected chi connectivity index (χ3v) is 6.31. The van der Waals surface area contributed by atoms with Crippen molar-refractivity contribution >= 4 is 23.8 Å². The first kappa shape index (κ1) is 40.2. The molecule has 0 aromatic heterocycles. The van der Waals surface area contributed by atoms with Crippen molar-refractivity contribution in [2.24, 2.45) is 0 Å². The molecule has 46 heavy (non-hydrogen) atoms. The standard InChI is InChI=1S/C32H54N4O10/c1-9-45-25-20-28(41-7)26(29(21-25)42-8)22-36(30(39)27(35-24(3)38)12-10-11-13-33-23(2)37)15-17-44-19-18-43-16-14-34-31(40)46-32(4,5)6/h20-21,27H,9-19,22H2,1-8H3,(H,33,37)(H,34,40)(H,35,38). The number of hydrogen-bond donors (Lipinski definition) is 3. The minimum Gasteiger partial charge on any atom is -0.496 e. The Morgan fingerprint density at radius 1 is 0.848 bits per heavy atom. The smallest absolute Gasteiger partial charge is 0.407 e. The van der Waals surface area contributed by atoms with E-state index in [0.29, 0.717) is 55.2 Å². The highest BCUT2D eigenvalue weighted by Gasteiger charge is 2.27. The fraction of sp³-hybridized carbons (Fsp3) is 0.688. The van der Waals surface area contributed by atoms with E-state index in [1.54, 1.807) is 37.8 Å². The lowest BCUT2D eigenvalue weighted by Crippen LogP contribution is -2.48. The van der Waals surface area contributed by atoms with Crippen molar-refractivity contribution in [2.45, 2.75) is 79.0 Å². The van der Waals surface area contributed by atoms with Gasteiger partial charge in [0.2, 0.25) is 17.7 Å². The molecule has 0 heterocycles. The molecule has 0 saturated carbocycles. The lowest BCUT2D eigenvalue weighted by Gasteiger charge is -2.29. The summed E-state index contributed by atoms with van der Waals surface area (Å²) in [6.07, 6.45) is 1.14. The van der Waals surface area contributed by atoms with Crippen LogP contribution in [0.1, 0.15) is 66.4 Å². The highest BCUT2D eigenvalue weighted by atomic mass is 16.6. The van der Waals surface area contributed by atoms with Crippen LogP contribution >= 0.6 is 0 Å². The van der Waals surface area contributed by atoms with Crippen molar-refractivity contribution in [3.63, 3.8) is 0 Å². The molecule has 1 atom stereocenters. The zero-order valence-electron chi connectivity index (χ0n) is 28.7. The van der Waals surface area contributed by atoms with Crippen molar-refractivity contribution in [1.82, 2.24) is 20.9 Å². The molecular weight excluding hydrogens is 600 g/mol. The first-order valence-electron chi connectivity index (χ1n) is 15.6. The van der Waals surface area contributed by atoms with Crippen molar-refractivity contribution < 1.29 is 47.6 Å². The monoisotopic (exact) mass is 654 g/mol. The van der Waals surface area contributed by atoms with E-state index in [9.17, 15) is 19.2 Å². The lowest BCUT2D eigenvalue weighted by atomic mass is 10.1. The second-order valence-corrected chi connectivity index (χ2v) is 11.4. The Labute approximate surface area is 273 Å². The molecule has 14 nitrogen and oxygen atoms in total. The number of unbranched alkanes of at least 4 members (excludes halogenated alkanes) is 1. The van der Waals surface area contributed by atoms with Crippen molar-refractivity contribution in [2.75, 3.05) is 66.9 Å². The van der Waals surface area contributed by atoms with E-state index in [-0.39, 0.29) is 63.8 Å². The predicted molar refractivity (Wildman–Crippen MR) is 172 cm³/mol. The van der Waals surface area contributed by atoms with Crippen molar-refractivity contribution in [3.8, 4) is 17.2 Å². The normalized spacial score (nSPS) is 11.7. The molecule has 0 aliphatic rings. The van der Waals surface area contributed by atoms with E-state index < -0.39 is 17.7 Å². The van der Waals surface area contributed by atoms with E-state index in [1.165, 1.54) is 28.1 Å². The van der Waals surface area contributed by atoms with Gasteiger partial charge in [-0.1, -0.05) is 0 Å². The van der Waals surface area contributed by atoms with Crippen molar-refractivity contribution in [1.29, 1.82) is 0 Å². The number of ether oxygens (including phenoxy) is 6. The molecule has 4 amide bonds. The van der Waals surface area contributed by atoms with Gasteiger partial charge in [0.05, 0.1) is 59.4 Å². The molecule has 262 valence electrons. The summed E-state index contributed by atoms with van der Waals surface area (Å²) in [5, 5.41) is 8.14. The Morgan fingerprint density at radius 3 is 2.02 bits per heavy atom. The number of methoxy groups -OCH3 is 2. The summed E-state index contributed by atoms with van der Waals surface area (Å²) in [6, 6.07) is 2.70. The molecule has 1 unspecified atom stereocenters. The summed E-state index contributed by atoms with van der Waals surface area (Å²) < 4.78 is 33.4. The Hall–Kier alpha value is -3.78. The molecule has 0 spiro atoms. The van der Waals surface area contributed by atoms with E-state index >= 15 is 0 Å². The maximum Gasteiger partial charge on any atom is 0.407 e. The van der Waals surface area contributed by atoms with Crippen LogP contribution in [-0.2, 0) is 35.1 Å². The zero-order chi connectivity index (χ0) is 34.5. The van der Waals surface area contributed by atoms with Crippen LogP contribution in [0.25, 0.3) is 0 Å². The predicted octanol–water partition coefficient (Wildman–Crippen LogP) is 2.80. The fourth-order valence-electron chi connectivity index (χ4n) is 4.32. The zero-order valence-corrected chi connectivity index (χ0v) is 28.7. The highest BCUT2D eigenvalue weighted by molar-refractivity contribution is 5.87. The molecule has 0 bridgehead atoms. The summed E-state index contributed by atoms with van der Waals surface area (Å²) in [4.78, 5) is 50.5. The summed E-state index contributed by atoms with van der Waals surface area (Å²) in [7, 11) is 3.06. The largest absolute Gasteiger partial charge is 0.496 e. The number of nitrogens with zero attached hydrogens (tertiary/aromatic N) is 1. The van der Waals surface area contributed by atoms with Gasteiger partial charge in [0, 0.05) is 45.6 Å². The Bertz CT molecular complexity index is 1070. The quantitative estimate of drug-likeness (QED) is 0.159. The van der Waals surface area contributed by atoms with E-state index in [2.05, 4.69) is 16.0 Å². The fourth-order valence-corrected chi connectivity index (χ4v) is 4.32. The number of hydrogen-bond acceptors (Lipinski definition) is 10. The van der Waals surface area contributed by atoms with Gasteiger partial charge in [0.25, 0.3) is 0 Å². The van der Waals surface area contributed by atoms with E-state index in [0.717, 1.165) is 0 Å². The first-order chi connectivity index (χ1) is 21.8. The molecule has 0 aliphatic carbocycles. The van der Waals surface area contributed by atoms with Gasteiger partial charge in [0.15, 0.2) is 0 Å². The molecular formula is C32H54N4O10. The molecule has 14 heteroatoms. The van der Waals surface area contributed by atoms with Crippen LogP contribution in [0.4, 0.5) is 4.79 Å². The Morgan fingerprint density at radius 2 is 1.48 bits per heavy atom. The Balaban J connectivity index is 2.93. The maximum atomic E-state index is 13.9. The number of benzene rings is 1. The number of carbonyl (C=O) groups is 4. The van der Waals surface area contributed by atoms with Gasteiger partial charge in [-0.15, -0.1) is 0 Å². The van der Waals surface area contributed by atoms with E-state index in [4.69, 9.17) is 28.4 Å². The number of carbonyl (C=O) groups excluding carboxylic acids is 4. The SMILES string of the molecule is CCOc1cc(OC)c(CN(CCOCCOCCNC(=O)OC(C)(C)C)C(=O)C(CCCCNC(C)=O)NC(C)=O)c(OC)c1. The second kappa shape index (κ2) is 21.9. The molecule has 3 N–H and O–H groups in total. The third kappa shape index (κ3) is 17.1. The molecule has 0 radical (unpaired) electrons. The van der Waals surface area contributed by atoms with Crippen LogP contribution in [-0.4, -0.2) is 107 Å². The third-order valence-electron chi connectivity index (χ3n) is 6.31. The molecule has 1 rings (SSSR count). The van der Waals surface area contributed by atoms with Gasteiger partial charge in [-0.2, -0.15) is 0 Å². The van der Waals surface area contributed by atoms with Crippen LogP contribution in [0.5, 0.6) is 17.2 Å². The van der Waals surface area contributed by atoms with Crippen LogP contribution in [0.3, 0.4) is 0 Å². The Kier molecular flexibility index (Phi) is 19.1. The summed E-state index contributed by atoms with van der Waals surface area (Å²) in [5.41, 5.74) is 0.0579. The van der Waals surface area contributed by atoms with Crippen LogP contribution < -0.4 is 30.2 Å². The molecule has 0 aliphatic heterocycles. The maximum absolute atomic E-state index is 13.9. The highest BCUT2D eigenvalue weighted by Crippen LogP contribution is 2.35. The van der Waals surface area contributed by atoms with Gasteiger partial charge >= 0.3 is 6.09 Å². The van der Waals surface area contributed by atoms with Crippen LogP contribution in [0, 0.1) is 0 Å².